The Morgan fingerprint density at radius 3 is 2.62 bits per heavy atom. The van der Waals surface area contributed by atoms with E-state index >= 15 is 0 Å². The zero-order valence-corrected chi connectivity index (χ0v) is 16.7. The van der Waals surface area contributed by atoms with Crippen LogP contribution in [0.25, 0.3) is 0 Å². The molecular weight excluding hydrogens is 366 g/mol. The lowest BCUT2D eigenvalue weighted by Gasteiger charge is -2.26. The molecule has 0 unspecified atom stereocenters. The number of nitrogens with one attached hydrogen (secondary N) is 2. The number of anilines is 2. The van der Waals surface area contributed by atoms with Gasteiger partial charge in [-0.05, 0) is 67.9 Å². The molecular formula is C23H27N3O3. The first-order chi connectivity index (χ1) is 14.2. The molecule has 3 amide bonds. The zero-order valence-electron chi connectivity index (χ0n) is 16.7. The molecule has 1 aliphatic heterocycles. The van der Waals surface area contributed by atoms with Crippen LogP contribution in [-0.2, 0) is 17.6 Å². The molecule has 0 spiro atoms. The number of benzene rings is 2. The number of amides is 3. The highest BCUT2D eigenvalue weighted by atomic mass is 16.5. The van der Waals surface area contributed by atoms with Crippen molar-refractivity contribution in [1.29, 1.82) is 0 Å². The van der Waals surface area contributed by atoms with E-state index in [0.29, 0.717) is 24.4 Å². The maximum Gasteiger partial charge on any atom is 0.322 e. The Morgan fingerprint density at radius 2 is 1.76 bits per heavy atom. The standard InChI is InChI=1S/C23H27N3O3/c1-29-21-14-5-4-11-19(21)25-23(28)26-15-7-13-20(26)22(27)24-18-12-6-9-16-8-2-3-10-17(16)18/h4-6,9,11-12,14,20H,2-3,7-8,10,13,15H2,1H3,(H,24,27)(H,25,28)/t20-/m0/s1. The van der Waals surface area contributed by atoms with Gasteiger partial charge in [-0.2, -0.15) is 0 Å². The molecule has 6 heteroatoms. The summed E-state index contributed by atoms with van der Waals surface area (Å²) in [5.41, 5.74) is 4.06. The number of fused-ring (bicyclic) bond motifs is 1. The van der Waals surface area contributed by atoms with Gasteiger partial charge in [0.05, 0.1) is 12.8 Å². The number of carbonyl (C=O) groups is 2. The van der Waals surface area contributed by atoms with Crippen LogP contribution in [0.5, 0.6) is 5.75 Å². The largest absolute Gasteiger partial charge is 0.495 e. The maximum atomic E-state index is 13.0. The fourth-order valence-corrected chi connectivity index (χ4v) is 4.33. The fourth-order valence-electron chi connectivity index (χ4n) is 4.33. The summed E-state index contributed by atoms with van der Waals surface area (Å²) in [6.45, 7) is 0.561. The quantitative estimate of drug-likeness (QED) is 0.817. The second-order valence-electron chi connectivity index (χ2n) is 7.62. The van der Waals surface area contributed by atoms with Crippen LogP contribution in [0, 0.1) is 0 Å². The molecule has 0 radical (unpaired) electrons. The molecule has 1 aliphatic carbocycles. The average molecular weight is 393 g/mol. The molecule has 4 rings (SSSR count). The number of urea groups is 1. The van der Waals surface area contributed by atoms with Crippen molar-refractivity contribution in [3.63, 3.8) is 0 Å². The van der Waals surface area contributed by atoms with Gasteiger partial charge in [-0.25, -0.2) is 4.79 Å². The molecule has 1 atom stereocenters. The Bertz CT molecular complexity index is 912. The molecule has 2 aromatic rings. The van der Waals surface area contributed by atoms with Crippen LogP contribution in [0.1, 0.15) is 36.8 Å². The highest BCUT2D eigenvalue weighted by molar-refractivity contribution is 6.00. The van der Waals surface area contributed by atoms with E-state index in [1.54, 1.807) is 24.1 Å². The van der Waals surface area contributed by atoms with Gasteiger partial charge in [0.2, 0.25) is 5.91 Å². The van der Waals surface area contributed by atoms with Crippen molar-refractivity contribution in [2.24, 2.45) is 0 Å². The van der Waals surface area contributed by atoms with Crippen molar-refractivity contribution in [3.05, 3.63) is 53.6 Å². The van der Waals surface area contributed by atoms with Gasteiger partial charge >= 0.3 is 6.03 Å². The van der Waals surface area contributed by atoms with Crippen molar-refractivity contribution in [1.82, 2.24) is 4.90 Å². The number of nitrogens with zero attached hydrogens (tertiary/aromatic N) is 1. The minimum atomic E-state index is -0.468. The highest BCUT2D eigenvalue weighted by Gasteiger charge is 2.34. The SMILES string of the molecule is COc1ccccc1NC(=O)N1CCC[C@H]1C(=O)Nc1cccc2c1CCCC2. The van der Waals surface area contributed by atoms with Crippen LogP contribution < -0.4 is 15.4 Å². The number of para-hydroxylation sites is 2. The first kappa shape index (κ1) is 19.3. The van der Waals surface area contributed by atoms with Crippen LogP contribution in [0.2, 0.25) is 0 Å². The van der Waals surface area contributed by atoms with E-state index < -0.39 is 6.04 Å². The van der Waals surface area contributed by atoms with Gasteiger partial charge in [-0.1, -0.05) is 24.3 Å². The van der Waals surface area contributed by atoms with Crippen LogP contribution in [0.3, 0.4) is 0 Å². The van der Waals surface area contributed by atoms with E-state index in [1.165, 1.54) is 17.5 Å². The molecule has 6 nitrogen and oxygen atoms in total. The van der Waals surface area contributed by atoms with Crippen molar-refractivity contribution in [2.45, 2.75) is 44.6 Å². The summed E-state index contributed by atoms with van der Waals surface area (Å²) in [6.07, 6.45) is 5.88. The van der Waals surface area contributed by atoms with E-state index in [1.807, 2.05) is 24.3 Å². The van der Waals surface area contributed by atoms with E-state index in [2.05, 4.69) is 16.7 Å². The summed E-state index contributed by atoms with van der Waals surface area (Å²) in [5, 5.41) is 5.98. The van der Waals surface area contributed by atoms with Crippen molar-refractivity contribution in [3.8, 4) is 5.75 Å². The van der Waals surface area contributed by atoms with Crippen LogP contribution >= 0.6 is 0 Å². The van der Waals surface area contributed by atoms with Crippen molar-refractivity contribution in [2.75, 3.05) is 24.3 Å². The molecule has 0 bridgehead atoms. The van der Waals surface area contributed by atoms with E-state index in [-0.39, 0.29) is 11.9 Å². The van der Waals surface area contributed by atoms with E-state index in [9.17, 15) is 9.59 Å². The third-order valence-electron chi connectivity index (χ3n) is 5.82. The molecule has 1 saturated heterocycles. The van der Waals surface area contributed by atoms with Gasteiger partial charge < -0.3 is 20.3 Å². The van der Waals surface area contributed by atoms with Crippen molar-refractivity contribution < 1.29 is 14.3 Å². The molecule has 0 aromatic heterocycles. The van der Waals surface area contributed by atoms with Gasteiger partial charge in [0.1, 0.15) is 11.8 Å². The Kier molecular flexibility index (Phi) is 5.69. The molecule has 2 aromatic carbocycles. The molecule has 0 saturated carbocycles. The second kappa shape index (κ2) is 8.55. The van der Waals surface area contributed by atoms with Gasteiger partial charge in [0.25, 0.3) is 0 Å². The predicted octanol–water partition coefficient (Wildman–Crippen LogP) is 4.21. The van der Waals surface area contributed by atoms with Crippen molar-refractivity contribution >= 4 is 23.3 Å². The van der Waals surface area contributed by atoms with Gasteiger partial charge in [-0.15, -0.1) is 0 Å². The molecule has 152 valence electrons. The highest BCUT2D eigenvalue weighted by Crippen LogP contribution is 2.29. The minimum Gasteiger partial charge on any atom is -0.495 e. The lowest BCUT2D eigenvalue weighted by molar-refractivity contribution is -0.119. The average Bonchev–Trinajstić information content (AvgIpc) is 3.25. The third kappa shape index (κ3) is 4.06. The lowest BCUT2D eigenvalue weighted by atomic mass is 9.90. The van der Waals surface area contributed by atoms with E-state index in [0.717, 1.165) is 31.4 Å². The summed E-state index contributed by atoms with van der Waals surface area (Å²) in [7, 11) is 1.57. The number of methoxy groups -OCH3 is 1. The van der Waals surface area contributed by atoms with Crippen LogP contribution in [0.4, 0.5) is 16.2 Å². The summed E-state index contributed by atoms with van der Waals surface area (Å²) >= 11 is 0. The molecule has 2 aliphatic rings. The number of rotatable bonds is 4. The molecule has 2 N–H and O–H groups in total. The van der Waals surface area contributed by atoms with Crippen LogP contribution in [-0.4, -0.2) is 36.5 Å². The lowest BCUT2D eigenvalue weighted by Crippen LogP contribution is -2.45. The summed E-state index contributed by atoms with van der Waals surface area (Å²) in [5.74, 6) is 0.480. The Hall–Kier alpha value is -3.02. The maximum absolute atomic E-state index is 13.0. The first-order valence-corrected chi connectivity index (χ1v) is 10.3. The summed E-state index contributed by atoms with van der Waals surface area (Å²) in [4.78, 5) is 27.5. The van der Waals surface area contributed by atoms with Gasteiger partial charge in [-0.3, -0.25) is 4.79 Å². The zero-order chi connectivity index (χ0) is 20.2. The number of carbonyl (C=O) groups excluding carboxylic acids is 2. The number of aryl methyl sites for hydroxylation is 1. The first-order valence-electron chi connectivity index (χ1n) is 10.3. The smallest absolute Gasteiger partial charge is 0.322 e. The van der Waals surface area contributed by atoms with Crippen LogP contribution in [0.15, 0.2) is 42.5 Å². The molecule has 1 fully saturated rings. The number of hydrogen-bond acceptors (Lipinski definition) is 3. The van der Waals surface area contributed by atoms with Gasteiger partial charge in [0, 0.05) is 12.2 Å². The van der Waals surface area contributed by atoms with Gasteiger partial charge in [0.15, 0.2) is 0 Å². The number of hydrogen-bond donors (Lipinski definition) is 2. The third-order valence-corrected chi connectivity index (χ3v) is 5.82. The number of likely N-dealkylation sites (tertiary alicyclic amines) is 1. The monoisotopic (exact) mass is 393 g/mol. The Labute approximate surface area is 171 Å². The minimum absolute atomic E-state index is 0.114. The Morgan fingerprint density at radius 1 is 0.966 bits per heavy atom. The normalized spacial score (nSPS) is 18.1. The molecule has 29 heavy (non-hydrogen) atoms. The number of ether oxygens (including phenoxy) is 1. The topological polar surface area (TPSA) is 70.7 Å². The predicted molar refractivity (Wildman–Crippen MR) is 113 cm³/mol. The summed E-state index contributed by atoms with van der Waals surface area (Å²) < 4.78 is 5.30. The second-order valence-corrected chi connectivity index (χ2v) is 7.62. The van der Waals surface area contributed by atoms with E-state index in [4.69, 9.17) is 4.74 Å². The molecule has 1 heterocycles. The Balaban J connectivity index is 1.47. The fraction of sp³-hybridized carbons (Fsp3) is 0.391. The summed E-state index contributed by atoms with van der Waals surface area (Å²) in [6, 6.07) is 12.6.